The van der Waals surface area contributed by atoms with Crippen LogP contribution < -0.4 is 0 Å². The molecular weight excluding hydrogens is 204 g/mol. The molecule has 0 aromatic heterocycles. The molecule has 0 spiro atoms. The normalized spacial score (nSPS) is 22.6. The number of carbonyl (C=O) groups is 1. The lowest BCUT2D eigenvalue weighted by molar-refractivity contribution is 0.0509. The van der Waals surface area contributed by atoms with E-state index in [4.69, 9.17) is 4.74 Å². The molecule has 0 bridgehead atoms. The second-order valence-electron chi connectivity index (χ2n) is 4.89. The number of ether oxygens (including phenoxy) is 1. The molecule has 16 heavy (non-hydrogen) atoms. The Kier molecular flexibility index (Phi) is 5.06. The Balaban J connectivity index is 2.42. The average Bonchev–Trinajstić information content (AvgIpc) is 2.16. The third kappa shape index (κ3) is 3.67. The molecule has 1 unspecified atom stereocenters. The third-order valence-electron chi connectivity index (χ3n) is 2.84. The SMILES string of the molecule is CCOC(=O)N1CCN(CC(C)C)CC1C. The second-order valence-corrected chi connectivity index (χ2v) is 4.89. The van der Waals surface area contributed by atoms with Gasteiger partial charge in [-0.3, -0.25) is 4.90 Å². The molecule has 1 amide bonds. The standard InChI is InChI=1S/C12H24N2O2/c1-5-16-12(15)14-7-6-13(8-10(2)3)9-11(14)4/h10-11H,5-9H2,1-4H3. The van der Waals surface area contributed by atoms with E-state index in [9.17, 15) is 4.79 Å². The van der Waals surface area contributed by atoms with Crippen molar-refractivity contribution in [1.82, 2.24) is 9.80 Å². The van der Waals surface area contributed by atoms with Gasteiger partial charge >= 0.3 is 6.09 Å². The molecule has 94 valence electrons. The molecule has 0 aromatic carbocycles. The van der Waals surface area contributed by atoms with E-state index in [0.717, 1.165) is 26.2 Å². The van der Waals surface area contributed by atoms with E-state index >= 15 is 0 Å². The van der Waals surface area contributed by atoms with Gasteiger partial charge in [-0.25, -0.2) is 4.79 Å². The van der Waals surface area contributed by atoms with Crippen LogP contribution in [0.2, 0.25) is 0 Å². The quantitative estimate of drug-likeness (QED) is 0.738. The molecule has 4 heteroatoms. The van der Waals surface area contributed by atoms with Crippen molar-refractivity contribution in [3.05, 3.63) is 0 Å². The molecule has 1 saturated heterocycles. The van der Waals surface area contributed by atoms with Crippen molar-refractivity contribution in [2.75, 3.05) is 32.8 Å². The second kappa shape index (κ2) is 6.09. The maximum Gasteiger partial charge on any atom is 0.410 e. The van der Waals surface area contributed by atoms with Crippen molar-refractivity contribution >= 4 is 6.09 Å². The number of hydrogen-bond donors (Lipinski definition) is 0. The largest absolute Gasteiger partial charge is 0.450 e. The summed E-state index contributed by atoms with van der Waals surface area (Å²) in [6.45, 7) is 12.6. The van der Waals surface area contributed by atoms with Gasteiger partial charge in [-0.1, -0.05) is 13.8 Å². The van der Waals surface area contributed by atoms with Gasteiger partial charge in [0.15, 0.2) is 0 Å². The summed E-state index contributed by atoms with van der Waals surface area (Å²) in [7, 11) is 0. The van der Waals surface area contributed by atoms with Crippen molar-refractivity contribution in [3.63, 3.8) is 0 Å². The molecule has 0 N–H and O–H groups in total. The van der Waals surface area contributed by atoms with E-state index < -0.39 is 0 Å². The first-order valence-corrected chi connectivity index (χ1v) is 6.20. The number of rotatable bonds is 3. The van der Waals surface area contributed by atoms with E-state index in [0.29, 0.717) is 12.5 Å². The number of nitrogens with zero attached hydrogens (tertiary/aromatic N) is 2. The Morgan fingerprint density at radius 3 is 2.62 bits per heavy atom. The first kappa shape index (κ1) is 13.3. The van der Waals surface area contributed by atoms with Crippen LogP contribution in [0, 0.1) is 5.92 Å². The first-order chi connectivity index (χ1) is 7.54. The molecule has 1 heterocycles. The highest BCUT2D eigenvalue weighted by Gasteiger charge is 2.28. The lowest BCUT2D eigenvalue weighted by Gasteiger charge is -2.39. The Hall–Kier alpha value is -0.770. The highest BCUT2D eigenvalue weighted by Crippen LogP contribution is 2.12. The Labute approximate surface area is 98.5 Å². The average molecular weight is 228 g/mol. The van der Waals surface area contributed by atoms with Gasteiger partial charge in [0.2, 0.25) is 0 Å². The minimum absolute atomic E-state index is 0.167. The molecular formula is C12H24N2O2. The van der Waals surface area contributed by atoms with Crippen molar-refractivity contribution in [2.45, 2.75) is 33.7 Å². The minimum atomic E-state index is -0.167. The molecule has 1 fully saturated rings. The predicted molar refractivity (Wildman–Crippen MR) is 64.5 cm³/mol. The smallest absolute Gasteiger partial charge is 0.410 e. The number of carbonyl (C=O) groups excluding carboxylic acids is 1. The highest BCUT2D eigenvalue weighted by atomic mass is 16.6. The molecule has 0 aromatic rings. The third-order valence-corrected chi connectivity index (χ3v) is 2.84. The summed E-state index contributed by atoms with van der Waals surface area (Å²) in [6.07, 6.45) is -0.167. The molecule has 1 rings (SSSR count). The van der Waals surface area contributed by atoms with Crippen LogP contribution in [0.5, 0.6) is 0 Å². The molecule has 1 aliphatic heterocycles. The van der Waals surface area contributed by atoms with Gasteiger partial charge in [0.1, 0.15) is 0 Å². The summed E-state index contributed by atoms with van der Waals surface area (Å²) in [5, 5.41) is 0. The van der Waals surface area contributed by atoms with Crippen molar-refractivity contribution < 1.29 is 9.53 Å². The van der Waals surface area contributed by atoms with Gasteiger partial charge in [-0.05, 0) is 19.8 Å². The molecule has 4 nitrogen and oxygen atoms in total. The summed E-state index contributed by atoms with van der Waals surface area (Å²) >= 11 is 0. The van der Waals surface area contributed by atoms with Crippen molar-refractivity contribution in [2.24, 2.45) is 5.92 Å². The van der Waals surface area contributed by atoms with Crippen LogP contribution in [0.3, 0.4) is 0 Å². The predicted octanol–water partition coefficient (Wildman–Crippen LogP) is 1.81. The van der Waals surface area contributed by atoms with Crippen LogP contribution in [0.4, 0.5) is 4.79 Å². The summed E-state index contributed by atoms with van der Waals surface area (Å²) in [5.41, 5.74) is 0. The summed E-state index contributed by atoms with van der Waals surface area (Å²) in [5.74, 6) is 0.682. The summed E-state index contributed by atoms with van der Waals surface area (Å²) in [4.78, 5) is 15.9. The summed E-state index contributed by atoms with van der Waals surface area (Å²) in [6, 6.07) is 0.256. The first-order valence-electron chi connectivity index (χ1n) is 6.20. The Morgan fingerprint density at radius 2 is 2.12 bits per heavy atom. The van der Waals surface area contributed by atoms with E-state index in [1.165, 1.54) is 0 Å². The maximum absolute atomic E-state index is 11.6. The van der Waals surface area contributed by atoms with Crippen molar-refractivity contribution in [1.29, 1.82) is 0 Å². The van der Waals surface area contributed by atoms with E-state index in [1.54, 1.807) is 0 Å². The zero-order valence-electron chi connectivity index (χ0n) is 10.9. The Morgan fingerprint density at radius 1 is 1.44 bits per heavy atom. The number of amides is 1. The van der Waals surface area contributed by atoms with Gasteiger partial charge in [0, 0.05) is 32.2 Å². The van der Waals surface area contributed by atoms with Crippen LogP contribution >= 0.6 is 0 Å². The van der Waals surface area contributed by atoms with Gasteiger partial charge in [-0.2, -0.15) is 0 Å². The molecule has 1 atom stereocenters. The molecule has 1 aliphatic rings. The molecule has 0 aliphatic carbocycles. The fourth-order valence-corrected chi connectivity index (χ4v) is 2.19. The van der Waals surface area contributed by atoms with Crippen LogP contribution in [0.1, 0.15) is 27.7 Å². The zero-order valence-corrected chi connectivity index (χ0v) is 10.9. The Bertz CT molecular complexity index is 231. The van der Waals surface area contributed by atoms with E-state index in [2.05, 4.69) is 25.7 Å². The van der Waals surface area contributed by atoms with Gasteiger partial charge in [-0.15, -0.1) is 0 Å². The fraction of sp³-hybridized carbons (Fsp3) is 0.917. The summed E-state index contributed by atoms with van der Waals surface area (Å²) < 4.78 is 5.04. The fourth-order valence-electron chi connectivity index (χ4n) is 2.19. The van der Waals surface area contributed by atoms with Crippen LogP contribution in [0.25, 0.3) is 0 Å². The van der Waals surface area contributed by atoms with E-state index in [1.807, 2.05) is 11.8 Å². The van der Waals surface area contributed by atoms with Crippen LogP contribution in [-0.2, 0) is 4.74 Å². The topological polar surface area (TPSA) is 32.8 Å². The molecule has 0 saturated carbocycles. The number of piperazine rings is 1. The maximum atomic E-state index is 11.6. The van der Waals surface area contributed by atoms with Gasteiger partial charge < -0.3 is 9.64 Å². The zero-order chi connectivity index (χ0) is 12.1. The number of hydrogen-bond acceptors (Lipinski definition) is 3. The van der Waals surface area contributed by atoms with Gasteiger partial charge in [0.05, 0.1) is 6.61 Å². The highest BCUT2D eigenvalue weighted by molar-refractivity contribution is 5.68. The van der Waals surface area contributed by atoms with Gasteiger partial charge in [0.25, 0.3) is 0 Å². The van der Waals surface area contributed by atoms with Crippen molar-refractivity contribution in [3.8, 4) is 0 Å². The lowest BCUT2D eigenvalue weighted by Crippen LogP contribution is -2.54. The van der Waals surface area contributed by atoms with E-state index in [-0.39, 0.29) is 12.1 Å². The lowest BCUT2D eigenvalue weighted by atomic mass is 10.1. The molecule has 0 radical (unpaired) electrons. The van der Waals surface area contributed by atoms with Crippen LogP contribution in [0.15, 0.2) is 0 Å². The minimum Gasteiger partial charge on any atom is -0.450 e. The van der Waals surface area contributed by atoms with Crippen LogP contribution in [-0.4, -0.2) is 54.7 Å². The monoisotopic (exact) mass is 228 g/mol.